The first-order valence-corrected chi connectivity index (χ1v) is 9.45. The maximum absolute atomic E-state index is 4.27. The molecule has 1 atom stereocenters. The highest BCUT2D eigenvalue weighted by Gasteiger charge is 2.19. The second-order valence-electron chi connectivity index (χ2n) is 7.19. The number of aromatic nitrogens is 1. The first-order chi connectivity index (χ1) is 12.4. The van der Waals surface area contributed by atoms with Crippen molar-refractivity contribution >= 4 is 5.57 Å². The van der Waals surface area contributed by atoms with Crippen molar-refractivity contribution in [2.75, 3.05) is 13.1 Å². The van der Waals surface area contributed by atoms with Gasteiger partial charge in [0.2, 0.25) is 0 Å². The van der Waals surface area contributed by atoms with Crippen LogP contribution >= 0.6 is 0 Å². The number of rotatable bonds is 4. The highest BCUT2D eigenvalue weighted by Crippen LogP contribution is 2.32. The summed E-state index contributed by atoms with van der Waals surface area (Å²) in [6.07, 6.45) is 25.9. The van der Waals surface area contributed by atoms with E-state index in [9.17, 15) is 0 Å². The maximum atomic E-state index is 4.27. The molecule has 0 saturated carbocycles. The molecule has 2 nitrogen and oxygen atoms in total. The zero-order valence-electron chi connectivity index (χ0n) is 14.8. The van der Waals surface area contributed by atoms with Crippen LogP contribution in [0.2, 0.25) is 0 Å². The van der Waals surface area contributed by atoms with E-state index in [0.717, 1.165) is 31.8 Å². The maximum Gasteiger partial charge on any atom is 0.0363 e. The molecule has 0 bridgehead atoms. The molecule has 0 amide bonds. The Balaban J connectivity index is 1.33. The van der Waals surface area contributed by atoms with Crippen LogP contribution in [0, 0.1) is 5.92 Å². The van der Waals surface area contributed by atoms with Crippen LogP contribution in [0.4, 0.5) is 0 Å². The van der Waals surface area contributed by atoms with Gasteiger partial charge in [0.25, 0.3) is 0 Å². The molecule has 3 aliphatic rings. The highest BCUT2D eigenvalue weighted by atomic mass is 15.1. The van der Waals surface area contributed by atoms with E-state index in [1.807, 2.05) is 18.5 Å². The van der Waals surface area contributed by atoms with Crippen LogP contribution in [0.25, 0.3) is 5.57 Å². The van der Waals surface area contributed by atoms with Gasteiger partial charge in [0.1, 0.15) is 0 Å². The Kier molecular flexibility index (Phi) is 4.96. The lowest BCUT2D eigenvalue weighted by Crippen LogP contribution is -2.28. The van der Waals surface area contributed by atoms with Crippen LogP contribution in [0.15, 0.2) is 78.3 Å². The lowest BCUT2D eigenvalue weighted by molar-refractivity contribution is 0.315. The van der Waals surface area contributed by atoms with Crippen LogP contribution in [-0.4, -0.2) is 23.0 Å². The average Bonchev–Trinajstić information content (AvgIpc) is 2.70. The van der Waals surface area contributed by atoms with Crippen molar-refractivity contribution in [1.82, 2.24) is 9.88 Å². The van der Waals surface area contributed by atoms with Crippen molar-refractivity contribution in [3.63, 3.8) is 0 Å². The molecule has 4 rings (SSSR count). The zero-order chi connectivity index (χ0) is 16.9. The quantitative estimate of drug-likeness (QED) is 0.697. The average molecular weight is 330 g/mol. The Morgan fingerprint density at radius 2 is 2.12 bits per heavy atom. The SMILES string of the molecule is C1=CCC(C2=CCN(CC3CCC=C(c4cccnc4)C3)C=C2)=CC1. The summed E-state index contributed by atoms with van der Waals surface area (Å²) in [6.45, 7) is 2.19. The number of hydrogen-bond acceptors (Lipinski definition) is 2. The van der Waals surface area contributed by atoms with Crippen molar-refractivity contribution in [3.8, 4) is 0 Å². The van der Waals surface area contributed by atoms with Crippen LogP contribution in [0.1, 0.15) is 37.7 Å². The molecule has 0 saturated heterocycles. The van der Waals surface area contributed by atoms with E-state index in [0.29, 0.717) is 0 Å². The topological polar surface area (TPSA) is 16.1 Å². The second kappa shape index (κ2) is 7.69. The van der Waals surface area contributed by atoms with E-state index in [4.69, 9.17) is 0 Å². The molecule has 1 aromatic heterocycles. The Hall–Kier alpha value is -2.35. The Bertz CT molecular complexity index is 750. The van der Waals surface area contributed by atoms with Gasteiger partial charge >= 0.3 is 0 Å². The van der Waals surface area contributed by atoms with Crippen LogP contribution < -0.4 is 0 Å². The van der Waals surface area contributed by atoms with Gasteiger partial charge in [0, 0.05) is 25.5 Å². The Morgan fingerprint density at radius 3 is 2.88 bits per heavy atom. The van der Waals surface area contributed by atoms with Gasteiger partial charge in [-0.25, -0.2) is 0 Å². The fraction of sp³-hybridized carbons (Fsp3) is 0.348. The summed E-state index contributed by atoms with van der Waals surface area (Å²) in [7, 11) is 0. The molecule has 2 heteroatoms. The van der Waals surface area contributed by atoms with Crippen LogP contribution in [-0.2, 0) is 0 Å². The molecule has 1 unspecified atom stereocenters. The lowest BCUT2D eigenvalue weighted by Gasteiger charge is -2.30. The zero-order valence-corrected chi connectivity index (χ0v) is 14.8. The molecular formula is C23H26N2. The highest BCUT2D eigenvalue weighted by molar-refractivity contribution is 5.65. The van der Waals surface area contributed by atoms with Crippen molar-refractivity contribution in [2.45, 2.75) is 32.1 Å². The smallest absolute Gasteiger partial charge is 0.0363 e. The molecular weight excluding hydrogens is 304 g/mol. The Morgan fingerprint density at radius 1 is 1.12 bits per heavy atom. The summed E-state index contributed by atoms with van der Waals surface area (Å²) in [6, 6.07) is 4.22. The largest absolute Gasteiger partial charge is 0.373 e. The summed E-state index contributed by atoms with van der Waals surface area (Å²) < 4.78 is 0. The number of pyridine rings is 1. The van der Waals surface area contributed by atoms with Crippen molar-refractivity contribution in [3.05, 3.63) is 83.9 Å². The van der Waals surface area contributed by atoms with E-state index in [2.05, 4.69) is 58.6 Å². The fourth-order valence-corrected chi connectivity index (χ4v) is 4.01. The van der Waals surface area contributed by atoms with E-state index in [1.54, 1.807) is 0 Å². The second-order valence-corrected chi connectivity index (χ2v) is 7.19. The molecule has 0 N–H and O–H groups in total. The monoisotopic (exact) mass is 330 g/mol. The standard InChI is InChI=1S/C23H26N2/c1-2-7-20(8-3-1)21-11-14-25(15-12-21)18-19-6-4-9-22(16-19)23-10-5-13-24-17-23/h1-2,5,8-14,17,19H,3-4,6-7,15-16,18H2. The van der Waals surface area contributed by atoms with Gasteiger partial charge in [-0.05, 0) is 78.6 Å². The van der Waals surface area contributed by atoms with E-state index in [-0.39, 0.29) is 0 Å². The third-order valence-corrected chi connectivity index (χ3v) is 5.39. The lowest BCUT2D eigenvalue weighted by atomic mass is 9.85. The molecule has 0 aromatic carbocycles. The number of allylic oxidation sites excluding steroid dienone is 8. The van der Waals surface area contributed by atoms with Crippen molar-refractivity contribution in [1.29, 1.82) is 0 Å². The van der Waals surface area contributed by atoms with Crippen molar-refractivity contribution in [2.24, 2.45) is 5.92 Å². The van der Waals surface area contributed by atoms with E-state index < -0.39 is 0 Å². The van der Waals surface area contributed by atoms with Crippen LogP contribution in [0.3, 0.4) is 0 Å². The first kappa shape index (κ1) is 16.1. The van der Waals surface area contributed by atoms with Gasteiger partial charge < -0.3 is 4.90 Å². The van der Waals surface area contributed by atoms with Gasteiger partial charge in [0.05, 0.1) is 0 Å². The molecule has 0 spiro atoms. The van der Waals surface area contributed by atoms with Gasteiger partial charge in [-0.1, -0.05) is 36.4 Å². The molecule has 25 heavy (non-hydrogen) atoms. The Labute approximate surface area is 151 Å². The molecule has 2 heterocycles. The summed E-state index contributed by atoms with van der Waals surface area (Å²) in [5.41, 5.74) is 5.67. The molecule has 0 radical (unpaired) electrons. The third kappa shape index (κ3) is 4.01. The molecule has 1 aliphatic heterocycles. The van der Waals surface area contributed by atoms with Crippen LogP contribution in [0.5, 0.6) is 0 Å². The van der Waals surface area contributed by atoms with E-state index >= 15 is 0 Å². The van der Waals surface area contributed by atoms with E-state index in [1.165, 1.54) is 41.5 Å². The molecule has 2 aliphatic carbocycles. The predicted molar refractivity (Wildman–Crippen MR) is 105 cm³/mol. The third-order valence-electron chi connectivity index (χ3n) is 5.39. The summed E-state index contributed by atoms with van der Waals surface area (Å²) >= 11 is 0. The minimum Gasteiger partial charge on any atom is -0.373 e. The molecule has 1 aromatic rings. The number of hydrogen-bond donors (Lipinski definition) is 0. The van der Waals surface area contributed by atoms with Gasteiger partial charge in [-0.2, -0.15) is 0 Å². The number of nitrogens with zero attached hydrogens (tertiary/aromatic N) is 2. The van der Waals surface area contributed by atoms with Gasteiger partial charge in [-0.3, -0.25) is 4.98 Å². The van der Waals surface area contributed by atoms with Crippen molar-refractivity contribution < 1.29 is 0 Å². The fourth-order valence-electron chi connectivity index (χ4n) is 4.01. The molecule has 128 valence electrons. The summed E-state index contributed by atoms with van der Waals surface area (Å²) in [5.74, 6) is 0.733. The van der Waals surface area contributed by atoms with Gasteiger partial charge in [0.15, 0.2) is 0 Å². The normalized spacial score (nSPS) is 23.1. The first-order valence-electron chi connectivity index (χ1n) is 9.45. The minimum absolute atomic E-state index is 0.733. The molecule has 0 fully saturated rings. The van der Waals surface area contributed by atoms with Gasteiger partial charge in [-0.15, -0.1) is 0 Å². The summed E-state index contributed by atoms with van der Waals surface area (Å²) in [5, 5.41) is 0. The minimum atomic E-state index is 0.733. The predicted octanol–water partition coefficient (Wildman–Crippen LogP) is 5.30. The summed E-state index contributed by atoms with van der Waals surface area (Å²) in [4.78, 5) is 6.74.